The zero-order valence-corrected chi connectivity index (χ0v) is 4.97. The molecule has 0 spiro atoms. The molecule has 0 aliphatic carbocycles. The molecule has 1 aromatic rings. The Balaban J connectivity index is 3.16. The molecule has 1 N–H and O–H groups in total. The van der Waals surface area contributed by atoms with E-state index in [-0.39, 0.29) is 0 Å². The summed E-state index contributed by atoms with van der Waals surface area (Å²) < 4.78 is 23.6. The van der Waals surface area contributed by atoms with Crippen LogP contribution in [-0.2, 0) is 0 Å². The summed E-state index contributed by atoms with van der Waals surface area (Å²) in [6.07, 6.45) is -0.369. The average Bonchev–Trinajstić information content (AvgIpc) is 1.88. The van der Waals surface area contributed by atoms with E-state index < -0.39 is 17.4 Å². The molecule has 10 heavy (non-hydrogen) atoms. The molecule has 0 saturated carbocycles. The van der Waals surface area contributed by atoms with Crippen molar-refractivity contribution in [3.05, 3.63) is 34.2 Å². The molecule has 0 bridgehead atoms. The van der Waals surface area contributed by atoms with E-state index in [2.05, 4.69) is 4.98 Å². The summed E-state index contributed by atoms with van der Waals surface area (Å²) in [4.78, 5) is 13.0. The molecule has 4 heteroatoms. The normalized spacial score (nSPS) is 10.3. The first-order valence-electron chi connectivity index (χ1n) is 2.67. The minimum absolute atomic E-state index is 0.484. The average molecular weight is 145 g/mol. The number of aromatic nitrogens is 1. The van der Waals surface area contributed by atoms with Crippen LogP contribution in [-0.4, -0.2) is 4.98 Å². The Morgan fingerprint density at radius 2 is 2.20 bits per heavy atom. The van der Waals surface area contributed by atoms with Crippen LogP contribution in [0.3, 0.4) is 0 Å². The molecule has 0 aliphatic heterocycles. The highest BCUT2D eigenvalue weighted by Gasteiger charge is 2.09. The van der Waals surface area contributed by atoms with Gasteiger partial charge in [-0.15, -0.1) is 0 Å². The molecule has 0 unspecified atom stereocenters. The van der Waals surface area contributed by atoms with E-state index in [0.29, 0.717) is 0 Å². The summed E-state index contributed by atoms with van der Waals surface area (Å²) >= 11 is 0. The van der Waals surface area contributed by atoms with Crippen LogP contribution in [0, 0.1) is 0 Å². The van der Waals surface area contributed by atoms with Gasteiger partial charge < -0.3 is 4.98 Å². The second-order valence-electron chi connectivity index (χ2n) is 1.76. The number of hydrogen-bond donors (Lipinski definition) is 1. The van der Waals surface area contributed by atoms with Gasteiger partial charge in [0.25, 0.3) is 6.43 Å². The largest absolute Gasteiger partial charge is 0.367 e. The summed E-state index contributed by atoms with van der Waals surface area (Å²) in [5.74, 6) is 0. The van der Waals surface area contributed by atoms with E-state index in [1.54, 1.807) is 0 Å². The van der Waals surface area contributed by atoms with Crippen LogP contribution in [0.2, 0.25) is 0 Å². The van der Waals surface area contributed by atoms with Crippen LogP contribution < -0.4 is 5.43 Å². The molecular weight excluding hydrogens is 140 g/mol. The second-order valence-corrected chi connectivity index (χ2v) is 1.76. The summed E-state index contributed by atoms with van der Waals surface area (Å²) in [7, 11) is 0. The van der Waals surface area contributed by atoms with Crippen molar-refractivity contribution in [2.24, 2.45) is 0 Å². The monoisotopic (exact) mass is 145 g/mol. The summed E-state index contributed by atoms with van der Waals surface area (Å²) in [6, 6.07) is 1.07. The van der Waals surface area contributed by atoms with Crippen LogP contribution in [0.1, 0.15) is 12.0 Å². The molecule has 0 aromatic carbocycles. The van der Waals surface area contributed by atoms with Gasteiger partial charge in [0.2, 0.25) is 0 Å². The Morgan fingerprint density at radius 3 is 2.60 bits per heavy atom. The maximum absolute atomic E-state index is 11.8. The molecule has 1 rings (SSSR count). The Bertz CT molecular complexity index is 268. The van der Waals surface area contributed by atoms with Gasteiger partial charge in [0.1, 0.15) is 0 Å². The van der Waals surface area contributed by atoms with Crippen LogP contribution in [0.15, 0.2) is 23.3 Å². The van der Waals surface area contributed by atoms with Crippen molar-refractivity contribution in [2.75, 3.05) is 0 Å². The van der Waals surface area contributed by atoms with E-state index in [4.69, 9.17) is 0 Å². The maximum Gasteiger partial charge on any atom is 0.269 e. The van der Waals surface area contributed by atoms with Gasteiger partial charge in [-0.05, 0) is 0 Å². The third-order valence-corrected chi connectivity index (χ3v) is 1.09. The van der Waals surface area contributed by atoms with Crippen molar-refractivity contribution in [1.82, 2.24) is 4.98 Å². The van der Waals surface area contributed by atoms with Gasteiger partial charge in [-0.3, -0.25) is 4.79 Å². The first kappa shape index (κ1) is 6.92. The summed E-state index contributed by atoms with van der Waals surface area (Å²) in [5, 5.41) is 0. The third kappa shape index (κ3) is 1.21. The van der Waals surface area contributed by atoms with Crippen LogP contribution >= 0.6 is 0 Å². The number of pyridine rings is 1. The Kier molecular flexibility index (Phi) is 1.80. The van der Waals surface area contributed by atoms with E-state index >= 15 is 0 Å². The van der Waals surface area contributed by atoms with E-state index in [0.717, 1.165) is 12.3 Å². The van der Waals surface area contributed by atoms with Gasteiger partial charge in [0.05, 0.1) is 5.56 Å². The number of hydrogen-bond acceptors (Lipinski definition) is 1. The SMILES string of the molecule is O=c1cc[nH]cc1C(F)F. The molecule has 1 aromatic heterocycles. The van der Waals surface area contributed by atoms with Crippen molar-refractivity contribution in [1.29, 1.82) is 0 Å². The van der Waals surface area contributed by atoms with Crippen LogP contribution in [0.25, 0.3) is 0 Å². The molecule has 0 fully saturated rings. The minimum atomic E-state index is -2.69. The number of rotatable bonds is 1. The van der Waals surface area contributed by atoms with Gasteiger partial charge in [0, 0.05) is 18.5 Å². The number of halogens is 2. The lowest BCUT2D eigenvalue weighted by molar-refractivity contribution is 0.150. The fourth-order valence-corrected chi connectivity index (χ4v) is 0.600. The smallest absolute Gasteiger partial charge is 0.269 e. The predicted molar refractivity (Wildman–Crippen MR) is 32.0 cm³/mol. The highest BCUT2D eigenvalue weighted by molar-refractivity contribution is 5.09. The molecule has 0 atom stereocenters. The lowest BCUT2D eigenvalue weighted by Crippen LogP contribution is -2.06. The molecular formula is C6H5F2NO. The van der Waals surface area contributed by atoms with Gasteiger partial charge >= 0.3 is 0 Å². The second kappa shape index (κ2) is 2.60. The number of aromatic amines is 1. The lowest BCUT2D eigenvalue weighted by Gasteiger charge is -1.94. The summed E-state index contributed by atoms with van der Waals surface area (Å²) in [5.41, 5.74) is -1.11. The van der Waals surface area contributed by atoms with Gasteiger partial charge in [-0.25, -0.2) is 8.78 Å². The van der Waals surface area contributed by atoms with Crippen molar-refractivity contribution < 1.29 is 8.78 Å². The minimum Gasteiger partial charge on any atom is -0.367 e. The Hall–Kier alpha value is -1.19. The van der Waals surface area contributed by atoms with Crippen molar-refractivity contribution >= 4 is 0 Å². The first-order valence-corrected chi connectivity index (χ1v) is 2.67. The molecule has 1 heterocycles. The highest BCUT2D eigenvalue weighted by Crippen LogP contribution is 2.11. The van der Waals surface area contributed by atoms with E-state index in [1.807, 2.05) is 0 Å². The highest BCUT2D eigenvalue weighted by atomic mass is 19.3. The number of nitrogens with one attached hydrogen (secondary N) is 1. The maximum atomic E-state index is 11.8. The Labute approximate surface area is 55.5 Å². The Morgan fingerprint density at radius 1 is 1.50 bits per heavy atom. The molecule has 0 amide bonds. The molecule has 0 radical (unpaired) electrons. The molecule has 0 saturated heterocycles. The third-order valence-electron chi connectivity index (χ3n) is 1.09. The van der Waals surface area contributed by atoms with Crippen molar-refractivity contribution in [3.63, 3.8) is 0 Å². The van der Waals surface area contributed by atoms with Gasteiger partial charge in [0.15, 0.2) is 5.43 Å². The fourth-order valence-electron chi connectivity index (χ4n) is 0.600. The van der Waals surface area contributed by atoms with Gasteiger partial charge in [-0.2, -0.15) is 0 Å². The fraction of sp³-hybridized carbons (Fsp3) is 0.167. The van der Waals surface area contributed by atoms with E-state index in [9.17, 15) is 13.6 Å². The lowest BCUT2D eigenvalue weighted by atomic mass is 10.3. The molecule has 54 valence electrons. The quantitative estimate of drug-likeness (QED) is 0.635. The van der Waals surface area contributed by atoms with Crippen LogP contribution in [0.4, 0.5) is 8.78 Å². The molecule has 0 aliphatic rings. The van der Waals surface area contributed by atoms with Gasteiger partial charge in [-0.1, -0.05) is 0 Å². The zero-order chi connectivity index (χ0) is 7.56. The predicted octanol–water partition coefficient (Wildman–Crippen LogP) is 1.31. The first-order chi connectivity index (χ1) is 4.72. The van der Waals surface area contributed by atoms with Crippen LogP contribution in [0.5, 0.6) is 0 Å². The summed E-state index contributed by atoms with van der Waals surface area (Å²) in [6.45, 7) is 0. The van der Waals surface area contributed by atoms with E-state index in [1.165, 1.54) is 6.20 Å². The molecule has 2 nitrogen and oxygen atoms in total. The standard InChI is InChI=1S/C6H5F2NO/c7-6(8)4-3-9-2-1-5(4)10/h1-3,6H,(H,9,10). The zero-order valence-electron chi connectivity index (χ0n) is 4.97. The van der Waals surface area contributed by atoms with Crippen molar-refractivity contribution in [3.8, 4) is 0 Å². The number of H-pyrrole nitrogens is 1. The van der Waals surface area contributed by atoms with Crippen molar-refractivity contribution in [2.45, 2.75) is 6.43 Å². The number of alkyl halides is 2. The topological polar surface area (TPSA) is 32.9 Å².